The van der Waals surface area contributed by atoms with Gasteiger partial charge in [0, 0.05) is 26.2 Å². The van der Waals surface area contributed by atoms with E-state index in [9.17, 15) is 0 Å². The molecule has 0 radical (unpaired) electrons. The van der Waals surface area contributed by atoms with Crippen molar-refractivity contribution in [3.05, 3.63) is 35.4 Å². The van der Waals surface area contributed by atoms with Crippen LogP contribution in [0.2, 0.25) is 0 Å². The van der Waals surface area contributed by atoms with Gasteiger partial charge in [-0.25, -0.2) is 0 Å². The molecular formula is C14H22N2O. The van der Waals surface area contributed by atoms with Crippen molar-refractivity contribution in [2.75, 3.05) is 26.7 Å². The Morgan fingerprint density at radius 1 is 1.29 bits per heavy atom. The topological polar surface area (TPSA) is 24.5 Å². The van der Waals surface area contributed by atoms with Crippen molar-refractivity contribution in [1.29, 1.82) is 0 Å². The number of nitrogens with zero attached hydrogens (tertiary/aromatic N) is 1. The summed E-state index contributed by atoms with van der Waals surface area (Å²) in [6.45, 7) is 7.06. The lowest BCUT2D eigenvalue weighted by Gasteiger charge is -2.31. The quantitative estimate of drug-likeness (QED) is 0.857. The second-order valence-electron chi connectivity index (χ2n) is 4.76. The van der Waals surface area contributed by atoms with Crippen LogP contribution in [0.3, 0.4) is 0 Å². The Kier molecular flexibility index (Phi) is 4.54. The van der Waals surface area contributed by atoms with Gasteiger partial charge >= 0.3 is 0 Å². The van der Waals surface area contributed by atoms with E-state index in [2.05, 4.69) is 41.4 Å². The molecule has 0 spiro atoms. The summed E-state index contributed by atoms with van der Waals surface area (Å²) in [6.07, 6.45) is 0.368. The summed E-state index contributed by atoms with van der Waals surface area (Å²) < 4.78 is 5.55. The first-order chi connectivity index (χ1) is 8.28. The lowest BCUT2D eigenvalue weighted by atomic mass is 10.1. The van der Waals surface area contributed by atoms with E-state index in [4.69, 9.17) is 4.74 Å². The van der Waals surface area contributed by atoms with Crippen LogP contribution >= 0.6 is 0 Å². The molecule has 1 fully saturated rings. The van der Waals surface area contributed by atoms with Gasteiger partial charge in [-0.1, -0.05) is 24.3 Å². The molecule has 1 unspecified atom stereocenters. The lowest BCUT2D eigenvalue weighted by molar-refractivity contribution is -0.0212. The number of rotatable bonds is 4. The minimum Gasteiger partial charge on any atom is -0.376 e. The average Bonchev–Trinajstić information content (AvgIpc) is 2.32. The van der Waals surface area contributed by atoms with Crippen molar-refractivity contribution in [2.45, 2.75) is 26.1 Å². The van der Waals surface area contributed by atoms with Gasteiger partial charge in [-0.3, -0.25) is 4.90 Å². The molecule has 1 N–H and O–H groups in total. The van der Waals surface area contributed by atoms with Crippen molar-refractivity contribution in [2.24, 2.45) is 0 Å². The van der Waals surface area contributed by atoms with Crippen molar-refractivity contribution in [3.63, 3.8) is 0 Å². The van der Waals surface area contributed by atoms with Crippen molar-refractivity contribution in [1.82, 2.24) is 10.2 Å². The van der Waals surface area contributed by atoms with Gasteiger partial charge in [-0.05, 0) is 25.1 Å². The highest BCUT2D eigenvalue weighted by atomic mass is 16.5. The number of nitrogens with one attached hydrogen (secondary N) is 1. The number of hydrogen-bond acceptors (Lipinski definition) is 3. The number of ether oxygens (including phenoxy) is 1. The van der Waals surface area contributed by atoms with Crippen LogP contribution in [0, 0.1) is 0 Å². The van der Waals surface area contributed by atoms with Gasteiger partial charge in [0.15, 0.2) is 0 Å². The van der Waals surface area contributed by atoms with Crippen LogP contribution in [0.1, 0.15) is 18.1 Å². The highest BCUT2D eigenvalue weighted by molar-refractivity contribution is 5.22. The van der Waals surface area contributed by atoms with Gasteiger partial charge in [-0.15, -0.1) is 0 Å². The summed E-state index contributed by atoms with van der Waals surface area (Å²) in [6, 6.07) is 8.87. The SMILES string of the molecule is CNCc1ccc(CN2CCOC(C)C2)cc1. The zero-order valence-electron chi connectivity index (χ0n) is 10.8. The molecule has 3 nitrogen and oxygen atoms in total. The molecule has 94 valence electrons. The fourth-order valence-corrected chi connectivity index (χ4v) is 2.26. The van der Waals surface area contributed by atoms with Gasteiger partial charge in [0.05, 0.1) is 12.7 Å². The smallest absolute Gasteiger partial charge is 0.0674 e. The third kappa shape index (κ3) is 3.80. The molecular weight excluding hydrogens is 212 g/mol. The molecule has 17 heavy (non-hydrogen) atoms. The molecule has 1 aliphatic heterocycles. The summed E-state index contributed by atoms with van der Waals surface area (Å²) in [5.41, 5.74) is 2.73. The maximum absolute atomic E-state index is 5.55. The Hall–Kier alpha value is -0.900. The molecule has 0 aromatic heterocycles. The summed E-state index contributed by atoms with van der Waals surface area (Å²) >= 11 is 0. The monoisotopic (exact) mass is 234 g/mol. The van der Waals surface area contributed by atoms with E-state index in [0.29, 0.717) is 6.10 Å². The minimum atomic E-state index is 0.368. The van der Waals surface area contributed by atoms with E-state index in [1.165, 1.54) is 11.1 Å². The molecule has 1 aromatic carbocycles. The van der Waals surface area contributed by atoms with Crippen LogP contribution in [-0.2, 0) is 17.8 Å². The molecule has 0 aliphatic carbocycles. The zero-order chi connectivity index (χ0) is 12.1. The van der Waals surface area contributed by atoms with E-state index >= 15 is 0 Å². The van der Waals surface area contributed by atoms with Crippen LogP contribution in [0.25, 0.3) is 0 Å². The normalized spacial score (nSPS) is 21.6. The summed E-state index contributed by atoms with van der Waals surface area (Å²) in [4.78, 5) is 2.46. The third-order valence-corrected chi connectivity index (χ3v) is 3.14. The Morgan fingerprint density at radius 2 is 2.00 bits per heavy atom. The molecule has 1 aromatic rings. The zero-order valence-corrected chi connectivity index (χ0v) is 10.8. The van der Waals surface area contributed by atoms with Crippen LogP contribution < -0.4 is 5.32 Å². The fourth-order valence-electron chi connectivity index (χ4n) is 2.26. The highest BCUT2D eigenvalue weighted by Crippen LogP contribution is 2.11. The number of hydrogen-bond donors (Lipinski definition) is 1. The number of morpholine rings is 1. The first kappa shape index (κ1) is 12.6. The van der Waals surface area contributed by atoms with Crippen molar-refractivity contribution < 1.29 is 4.74 Å². The fraction of sp³-hybridized carbons (Fsp3) is 0.571. The first-order valence-corrected chi connectivity index (χ1v) is 6.34. The van der Waals surface area contributed by atoms with E-state index in [1.54, 1.807) is 0 Å². The predicted octanol–water partition coefficient (Wildman–Crippen LogP) is 1.63. The largest absolute Gasteiger partial charge is 0.376 e. The second-order valence-corrected chi connectivity index (χ2v) is 4.76. The van der Waals surface area contributed by atoms with Gasteiger partial charge in [0.1, 0.15) is 0 Å². The Labute approximate surface area is 104 Å². The first-order valence-electron chi connectivity index (χ1n) is 6.34. The van der Waals surface area contributed by atoms with E-state index in [0.717, 1.165) is 32.8 Å². The Bertz CT molecular complexity index is 337. The van der Waals surface area contributed by atoms with Crippen LogP contribution in [-0.4, -0.2) is 37.7 Å². The van der Waals surface area contributed by atoms with Gasteiger partial charge in [-0.2, -0.15) is 0 Å². The summed E-state index contributed by atoms with van der Waals surface area (Å²) in [5.74, 6) is 0. The highest BCUT2D eigenvalue weighted by Gasteiger charge is 2.16. The van der Waals surface area contributed by atoms with E-state index in [1.807, 2.05) is 7.05 Å². The Morgan fingerprint density at radius 3 is 2.65 bits per heavy atom. The van der Waals surface area contributed by atoms with Gasteiger partial charge < -0.3 is 10.1 Å². The molecule has 0 saturated carbocycles. The molecule has 1 heterocycles. The lowest BCUT2D eigenvalue weighted by Crippen LogP contribution is -2.40. The summed E-state index contributed by atoms with van der Waals surface area (Å²) in [7, 11) is 1.98. The molecule has 1 atom stereocenters. The molecule has 1 saturated heterocycles. The van der Waals surface area contributed by atoms with Gasteiger partial charge in [0.25, 0.3) is 0 Å². The second kappa shape index (κ2) is 6.15. The molecule has 1 aliphatic rings. The van der Waals surface area contributed by atoms with E-state index < -0.39 is 0 Å². The molecule has 3 heteroatoms. The maximum Gasteiger partial charge on any atom is 0.0674 e. The number of benzene rings is 1. The molecule has 2 rings (SSSR count). The summed E-state index contributed by atoms with van der Waals surface area (Å²) in [5, 5.41) is 3.16. The van der Waals surface area contributed by atoms with Crippen molar-refractivity contribution in [3.8, 4) is 0 Å². The average molecular weight is 234 g/mol. The minimum absolute atomic E-state index is 0.368. The van der Waals surface area contributed by atoms with E-state index in [-0.39, 0.29) is 0 Å². The van der Waals surface area contributed by atoms with Crippen molar-refractivity contribution >= 4 is 0 Å². The maximum atomic E-state index is 5.55. The Balaban J connectivity index is 1.89. The van der Waals surface area contributed by atoms with Crippen LogP contribution in [0.15, 0.2) is 24.3 Å². The van der Waals surface area contributed by atoms with Crippen LogP contribution in [0.5, 0.6) is 0 Å². The predicted molar refractivity (Wildman–Crippen MR) is 69.9 cm³/mol. The molecule has 0 bridgehead atoms. The standard InChI is InChI=1S/C14H22N2O/c1-12-10-16(7-8-17-12)11-14-5-3-13(4-6-14)9-15-2/h3-6,12,15H,7-11H2,1-2H3. The molecule has 0 amide bonds. The van der Waals surface area contributed by atoms with Crippen LogP contribution in [0.4, 0.5) is 0 Å². The van der Waals surface area contributed by atoms with Gasteiger partial charge in [0.2, 0.25) is 0 Å². The third-order valence-electron chi connectivity index (χ3n) is 3.14.